The van der Waals surface area contributed by atoms with E-state index in [1.54, 1.807) is 5.56 Å². The summed E-state index contributed by atoms with van der Waals surface area (Å²) in [5, 5.41) is 3.77. The Morgan fingerprint density at radius 3 is 2.32 bits per heavy atom. The van der Waals surface area contributed by atoms with Crippen molar-refractivity contribution < 1.29 is 9.31 Å². The van der Waals surface area contributed by atoms with Crippen molar-refractivity contribution in [1.82, 2.24) is 15.3 Å². The summed E-state index contributed by atoms with van der Waals surface area (Å²) in [6, 6.07) is 13.7. The number of aromatic nitrogens is 2. The van der Waals surface area contributed by atoms with Crippen LogP contribution in [0.4, 0.5) is 0 Å². The van der Waals surface area contributed by atoms with E-state index in [4.69, 9.17) is 9.31 Å². The number of nitrogens with one attached hydrogen (secondary N) is 2. The first-order valence-corrected chi connectivity index (χ1v) is 15.3. The molecule has 198 valence electrons. The van der Waals surface area contributed by atoms with Crippen LogP contribution in [0.25, 0.3) is 22.4 Å². The van der Waals surface area contributed by atoms with Crippen LogP contribution in [0.5, 0.6) is 0 Å². The van der Waals surface area contributed by atoms with Gasteiger partial charge in [-0.3, -0.25) is 5.32 Å². The second-order valence-corrected chi connectivity index (χ2v) is 13.8. The largest absolute Gasteiger partial charge is 0.495 e. The Balaban J connectivity index is 1.25. The molecule has 0 unspecified atom stereocenters. The summed E-state index contributed by atoms with van der Waals surface area (Å²) in [5.74, 6) is 2.15. The molecule has 2 aliphatic carbocycles. The lowest BCUT2D eigenvalue weighted by atomic mass is 9.70. The number of imidazole rings is 1. The molecular formula is C31H38BN3O2S. The van der Waals surface area contributed by atoms with Gasteiger partial charge < -0.3 is 14.3 Å². The SMILES string of the molecule is CC1(C)OB(c2ccc(-c3ccc(-c4cnc([C@H]5NCCS5)[nH]4)cc3)c3c2CCC32CCCC2)OC1(C)C. The highest BCUT2D eigenvalue weighted by Gasteiger charge is 2.53. The fraction of sp³-hybridized carbons (Fsp3) is 0.516. The molecule has 7 rings (SSSR count). The van der Waals surface area contributed by atoms with Crippen molar-refractivity contribution in [1.29, 1.82) is 0 Å². The van der Waals surface area contributed by atoms with Crippen LogP contribution in [0.2, 0.25) is 0 Å². The predicted octanol–water partition coefficient (Wildman–Crippen LogP) is 6.14. The van der Waals surface area contributed by atoms with Crippen LogP contribution in [-0.2, 0) is 21.1 Å². The zero-order chi connectivity index (χ0) is 26.1. The second-order valence-electron chi connectivity index (χ2n) is 12.6. The van der Waals surface area contributed by atoms with E-state index in [0.29, 0.717) is 5.41 Å². The topological polar surface area (TPSA) is 59.2 Å². The predicted molar refractivity (Wildman–Crippen MR) is 157 cm³/mol. The van der Waals surface area contributed by atoms with Gasteiger partial charge in [0.05, 0.1) is 23.1 Å². The molecule has 0 amide bonds. The van der Waals surface area contributed by atoms with Crippen molar-refractivity contribution in [2.75, 3.05) is 12.3 Å². The first-order chi connectivity index (χ1) is 18.3. The maximum absolute atomic E-state index is 6.54. The fourth-order valence-corrected chi connectivity index (χ4v) is 8.04. The van der Waals surface area contributed by atoms with E-state index >= 15 is 0 Å². The van der Waals surface area contributed by atoms with Crippen LogP contribution in [0, 0.1) is 0 Å². The zero-order valence-corrected chi connectivity index (χ0v) is 23.8. The number of fused-ring (bicyclic) bond motifs is 2. The molecule has 3 heterocycles. The Morgan fingerprint density at radius 2 is 1.63 bits per heavy atom. The smallest absolute Gasteiger partial charge is 0.399 e. The van der Waals surface area contributed by atoms with Gasteiger partial charge in [-0.1, -0.05) is 49.2 Å². The summed E-state index contributed by atoms with van der Waals surface area (Å²) in [4.78, 5) is 8.20. The summed E-state index contributed by atoms with van der Waals surface area (Å²) < 4.78 is 13.1. The zero-order valence-electron chi connectivity index (χ0n) is 23.0. The van der Waals surface area contributed by atoms with Crippen LogP contribution >= 0.6 is 11.8 Å². The number of benzene rings is 2. The molecule has 2 aliphatic heterocycles. The van der Waals surface area contributed by atoms with Crippen molar-refractivity contribution in [2.45, 2.75) is 88.2 Å². The first-order valence-electron chi connectivity index (χ1n) is 14.3. The minimum absolute atomic E-state index is 0.274. The first kappa shape index (κ1) is 24.9. The second kappa shape index (κ2) is 8.98. The van der Waals surface area contributed by atoms with Gasteiger partial charge in [-0.2, -0.15) is 0 Å². The van der Waals surface area contributed by atoms with Gasteiger partial charge in [-0.15, -0.1) is 11.8 Å². The molecule has 2 saturated heterocycles. The van der Waals surface area contributed by atoms with Gasteiger partial charge >= 0.3 is 7.12 Å². The number of rotatable bonds is 4. The number of H-pyrrole nitrogens is 1. The molecule has 1 aromatic heterocycles. The number of aromatic amines is 1. The van der Waals surface area contributed by atoms with E-state index in [2.05, 4.69) is 79.4 Å². The molecule has 7 heteroatoms. The standard InChI is InChI=1S/C31H38BN3O2S/c1-29(2)30(3,4)37-32(36-29)24-12-11-22(26-23(24)13-16-31(26)14-5-6-15-31)20-7-9-21(10-8-20)25-19-34-27(35-25)28-33-17-18-38-28/h7-12,19,28,33H,5-6,13-18H2,1-4H3,(H,34,35)/t28-/m0/s1. The molecule has 4 aliphatic rings. The maximum Gasteiger partial charge on any atom is 0.495 e. The maximum atomic E-state index is 6.54. The summed E-state index contributed by atoms with van der Waals surface area (Å²) >= 11 is 1.91. The Hall–Kier alpha value is -2.06. The average molecular weight is 528 g/mol. The van der Waals surface area contributed by atoms with Crippen molar-refractivity contribution in [3.63, 3.8) is 0 Å². The van der Waals surface area contributed by atoms with Gasteiger partial charge in [-0.25, -0.2) is 4.98 Å². The van der Waals surface area contributed by atoms with Crippen LogP contribution < -0.4 is 10.8 Å². The molecule has 2 N–H and O–H groups in total. The van der Waals surface area contributed by atoms with Crippen molar-refractivity contribution >= 4 is 24.3 Å². The summed E-state index contributed by atoms with van der Waals surface area (Å²) in [6.45, 7) is 9.63. The summed E-state index contributed by atoms with van der Waals surface area (Å²) in [5.41, 5.74) is 8.87. The quantitative estimate of drug-likeness (QED) is 0.400. The van der Waals surface area contributed by atoms with Crippen LogP contribution in [0.15, 0.2) is 42.6 Å². The molecule has 1 spiro atoms. The van der Waals surface area contributed by atoms with Gasteiger partial charge in [0.25, 0.3) is 0 Å². The highest BCUT2D eigenvalue weighted by atomic mass is 32.2. The van der Waals surface area contributed by atoms with Crippen LogP contribution in [0.1, 0.15) is 82.1 Å². The molecular weight excluding hydrogens is 489 g/mol. The van der Waals surface area contributed by atoms with Crippen LogP contribution in [0.3, 0.4) is 0 Å². The molecule has 1 saturated carbocycles. The molecule has 2 aromatic carbocycles. The van der Waals surface area contributed by atoms with E-state index in [1.807, 2.05) is 18.0 Å². The van der Waals surface area contributed by atoms with Gasteiger partial charge in [0.15, 0.2) is 0 Å². The third-order valence-electron chi connectivity index (χ3n) is 9.87. The van der Waals surface area contributed by atoms with Gasteiger partial charge in [0.1, 0.15) is 11.2 Å². The van der Waals surface area contributed by atoms with Gasteiger partial charge in [0, 0.05) is 12.3 Å². The van der Waals surface area contributed by atoms with E-state index < -0.39 is 0 Å². The van der Waals surface area contributed by atoms with Crippen molar-refractivity contribution in [3.05, 3.63) is 59.5 Å². The molecule has 0 radical (unpaired) electrons. The van der Waals surface area contributed by atoms with E-state index in [9.17, 15) is 0 Å². The third kappa shape index (κ3) is 3.92. The highest BCUT2D eigenvalue weighted by molar-refractivity contribution is 7.99. The lowest BCUT2D eigenvalue weighted by Crippen LogP contribution is -2.41. The third-order valence-corrected chi connectivity index (χ3v) is 11.0. The fourth-order valence-electron chi connectivity index (χ4n) is 7.06. The minimum Gasteiger partial charge on any atom is -0.399 e. The highest BCUT2D eigenvalue weighted by Crippen LogP contribution is 2.53. The Kier molecular flexibility index (Phi) is 5.90. The number of hydrogen-bond acceptors (Lipinski definition) is 5. The average Bonchev–Trinajstić information content (AvgIpc) is 3.72. The molecule has 38 heavy (non-hydrogen) atoms. The molecule has 0 bridgehead atoms. The number of hydrogen-bond donors (Lipinski definition) is 2. The molecule has 1 atom stereocenters. The lowest BCUT2D eigenvalue weighted by Gasteiger charge is -2.32. The molecule has 5 nitrogen and oxygen atoms in total. The van der Waals surface area contributed by atoms with Crippen LogP contribution in [-0.4, -0.2) is 40.6 Å². The summed E-state index contributed by atoms with van der Waals surface area (Å²) in [6.07, 6.45) is 9.57. The Morgan fingerprint density at radius 1 is 0.921 bits per heavy atom. The van der Waals surface area contributed by atoms with E-state index in [0.717, 1.165) is 30.2 Å². The molecule has 3 aromatic rings. The normalized spacial score (nSPS) is 24.9. The molecule has 3 fully saturated rings. The van der Waals surface area contributed by atoms with Gasteiger partial charge in [-0.05, 0) is 92.1 Å². The van der Waals surface area contributed by atoms with Crippen molar-refractivity contribution in [2.24, 2.45) is 0 Å². The Bertz CT molecular complexity index is 1340. The van der Waals surface area contributed by atoms with E-state index in [-0.39, 0.29) is 23.7 Å². The summed E-state index contributed by atoms with van der Waals surface area (Å²) in [7, 11) is -0.302. The Labute approximate surface area is 231 Å². The van der Waals surface area contributed by atoms with E-state index in [1.165, 1.54) is 59.8 Å². The number of nitrogens with zero attached hydrogens (tertiary/aromatic N) is 1. The minimum atomic E-state index is -0.332. The number of thioether (sulfide) groups is 1. The monoisotopic (exact) mass is 527 g/mol. The van der Waals surface area contributed by atoms with Gasteiger partial charge in [0.2, 0.25) is 0 Å². The van der Waals surface area contributed by atoms with Crippen molar-refractivity contribution in [3.8, 4) is 22.4 Å². The lowest BCUT2D eigenvalue weighted by molar-refractivity contribution is 0.00578.